The Morgan fingerprint density at radius 3 is 2.72 bits per heavy atom. The number of carbonyl (C=O) groups is 1. The van der Waals surface area contributed by atoms with Crippen LogP contribution in [0.15, 0.2) is 46.9 Å². The van der Waals surface area contributed by atoms with Crippen LogP contribution in [0.5, 0.6) is 0 Å². The first-order valence-electron chi connectivity index (χ1n) is 11.2. The number of rotatable bonds is 7. The zero-order valence-corrected chi connectivity index (χ0v) is 19.0. The number of ether oxygens (including phenoxy) is 1. The van der Waals surface area contributed by atoms with Crippen LogP contribution in [0.2, 0.25) is 0 Å². The number of nitrogens with zero attached hydrogens (tertiary/aromatic N) is 4. The molecule has 0 saturated carbocycles. The number of amides is 1. The summed E-state index contributed by atoms with van der Waals surface area (Å²) >= 11 is 0. The molecule has 3 heterocycles. The first kappa shape index (κ1) is 22.1. The Morgan fingerprint density at radius 1 is 1.16 bits per heavy atom. The zero-order valence-electron chi connectivity index (χ0n) is 19.0. The maximum absolute atomic E-state index is 12.8. The lowest BCUT2D eigenvalue weighted by Gasteiger charge is -2.33. The van der Waals surface area contributed by atoms with Gasteiger partial charge < -0.3 is 14.1 Å². The molecule has 1 aromatic carbocycles. The van der Waals surface area contributed by atoms with E-state index < -0.39 is 0 Å². The summed E-state index contributed by atoms with van der Waals surface area (Å²) in [6.45, 7) is 7.58. The molecule has 0 bridgehead atoms. The van der Waals surface area contributed by atoms with Crippen molar-refractivity contribution in [3.05, 3.63) is 76.8 Å². The van der Waals surface area contributed by atoms with Gasteiger partial charge in [0.25, 0.3) is 0 Å². The monoisotopic (exact) mass is 434 g/mol. The molecule has 0 aliphatic carbocycles. The van der Waals surface area contributed by atoms with Gasteiger partial charge in [0.05, 0.1) is 18.8 Å². The third-order valence-electron chi connectivity index (χ3n) is 5.56. The molecule has 7 heteroatoms. The second-order valence-electron chi connectivity index (χ2n) is 8.59. The number of hydrogen-bond donors (Lipinski definition) is 0. The molecule has 0 radical (unpaired) electrons. The number of aryl methyl sites for hydroxylation is 2. The lowest BCUT2D eigenvalue weighted by Crippen LogP contribution is -2.42. The highest BCUT2D eigenvalue weighted by Crippen LogP contribution is 2.24. The Bertz CT molecular complexity index is 1050. The van der Waals surface area contributed by atoms with Gasteiger partial charge in [-0.3, -0.25) is 9.78 Å². The quantitative estimate of drug-likeness (QED) is 0.559. The van der Waals surface area contributed by atoms with E-state index in [1.807, 2.05) is 31.7 Å². The summed E-state index contributed by atoms with van der Waals surface area (Å²) in [5.74, 6) is 1.37. The van der Waals surface area contributed by atoms with Gasteiger partial charge in [0, 0.05) is 31.0 Å². The van der Waals surface area contributed by atoms with Crippen LogP contribution >= 0.6 is 0 Å². The second-order valence-corrected chi connectivity index (χ2v) is 8.59. The van der Waals surface area contributed by atoms with Crippen molar-refractivity contribution >= 4 is 5.91 Å². The van der Waals surface area contributed by atoms with Gasteiger partial charge in [-0.15, -0.1) is 10.2 Å². The molecule has 1 amide bonds. The molecule has 0 spiro atoms. The predicted octanol–water partition coefficient (Wildman–Crippen LogP) is 4.02. The van der Waals surface area contributed by atoms with E-state index >= 15 is 0 Å². The van der Waals surface area contributed by atoms with Gasteiger partial charge in [-0.05, 0) is 36.6 Å². The van der Waals surface area contributed by atoms with Gasteiger partial charge in [0.15, 0.2) is 0 Å². The molecule has 2 aromatic heterocycles. The molecule has 1 unspecified atom stereocenters. The second kappa shape index (κ2) is 10.0. The van der Waals surface area contributed by atoms with E-state index in [-0.39, 0.29) is 17.9 Å². The fourth-order valence-electron chi connectivity index (χ4n) is 3.89. The normalized spacial score (nSPS) is 16.5. The van der Waals surface area contributed by atoms with Crippen molar-refractivity contribution < 1.29 is 13.9 Å². The maximum atomic E-state index is 12.8. The summed E-state index contributed by atoms with van der Waals surface area (Å²) in [4.78, 5) is 19.4. The average molecular weight is 435 g/mol. The first-order chi connectivity index (χ1) is 15.5. The molecule has 1 aliphatic rings. The van der Waals surface area contributed by atoms with Gasteiger partial charge in [0.2, 0.25) is 17.7 Å². The summed E-state index contributed by atoms with van der Waals surface area (Å²) in [6.07, 6.45) is 1.41. The minimum absolute atomic E-state index is 0.0692. The van der Waals surface area contributed by atoms with Crippen LogP contribution in [0.25, 0.3) is 0 Å². The van der Waals surface area contributed by atoms with E-state index in [0.29, 0.717) is 44.3 Å². The molecule has 0 N–H and O–H groups in total. The Kier molecular flexibility index (Phi) is 6.95. The van der Waals surface area contributed by atoms with Gasteiger partial charge >= 0.3 is 0 Å². The SMILES string of the molecule is Cc1cc(Cc2ccccc2)cc(C2CN(C(=O)CCc3nnc(C(C)C)o3)CCO2)n1. The van der Waals surface area contributed by atoms with Crippen LogP contribution in [0.1, 0.15) is 66.6 Å². The van der Waals surface area contributed by atoms with Gasteiger partial charge in [-0.2, -0.15) is 0 Å². The van der Waals surface area contributed by atoms with Crippen LogP contribution < -0.4 is 0 Å². The van der Waals surface area contributed by atoms with Crippen molar-refractivity contribution in [2.75, 3.05) is 19.7 Å². The highest BCUT2D eigenvalue weighted by atomic mass is 16.5. The van der Waals surface area contributed by atoms with Crippen LogP contribution in [0.3, 0.4) is 0 Å². The summed E-state index contributed by atoms with van der Waals surface area (Å²) < 4.78 is 11.6. The number of pyridine rings is 1. The minimum Gasteiger partial charge on any atom is -0.425 e. The number of carbonyl (C=O) groups excluding carboxylic acids is 1. The molecule has 1 atom stereocenters. The lowest BCUT2D eigenvalue weighted by atomic mass is 10.0. The molecular formula is C25H30N4O3. The number of aromatic nitrogens is 3. The van der Waals surface area contributed by atoms with Crippen molar-refractivity contribution in [1.29, 1.82) is 0 Å². The molecule has 7 nitrogen and oxygen atoms in total. The Morgan fingerprint density at radius 2 is 1.97 bits per heavy atom. The van der Waals surface area contributed by atoms with Crippen molar-refractivity contribution in [3.8, 4) is 0 Å². The summed E-state index contributed by atoms with van der Waals surface area (Å²) in [6, 6.07) is 14.6. The van der Waals surface area contributed by atoms with Crippen molar-refractivity contribution in [1.82, 2.24) is 20.1 Å². The maximum Gasteiger partial charge on any atom is 0.223 e. The van der Waals surface area contributed by atoms with E-state index in [1.165, 1.54) is 11.1 Å². The Labute approximate surface area is 188 Å². The highest BCUT2D eigenvalue weighted by Gasteiger charge is 2.27. The molecule has 1 saturated heterocycles. The van der Waals surface area contributed by atoms with Crippen LogP contribution in [0.4, 0.5) is 0 Å². The molecule has 3 aromatic rings. The largest absolute Gasteiger partial charge is 0.425 e. The molecule has 1 aliphatic heterocycles. The molecule has 1 fully saturated rings. The van der Waals surface area contributed by atoms with Crippen LogP contribution in [-0.4, -0.2) is 45.7 Å². The topological polar surface area (TPSA) is 81.4 Å². The standard InChI is InChI=1S/C25H30N4O3/c1-17(2)25-28-27-23(32-25)9-10-24(30)29-11-12-31-22(16-29)21-15-20(13-18(3)26-21)14-19-7-5-4-6-8-19/h4-8,13,15,17,22H,9-12,14,16H2,1-3H3. The van der Waals surface area contributed by atoms with Crippen LogP contribution in [-0.2, 0) is 22.4 Å². The summed E-state index contributed by atoms with van der Waals surface area (Å²) in [5.41, 5.74) is 4.29. The molecule has 168 valence electrons. The van der Waals surface area contributed by atoms with Crippen molar-refractivity contribution in [2.24, 2.45) is 0 Å². The minimum atomic E-state index is -0.224. The lowest BCUT2D eigenvalue weighted by molar-refractivity contribution is -0.139. The van der Waals surface area contributed by atoms with E-state index in [0.717, 1.165) is 17.8 Å². The fraction of sp³-hybridized carbons (Fsp3) is 0.440. The number of morpholine rings is 1. The summed E-state index contributed by atoms with van der Waals surface area (Å²) in [5, 5.41) is 8.08. The zero-order chi connectivity index (χ0) is 22.5. The first-order valence-corrected chi connectivity index (χ1v) is 11.2. The van der Waals surface area contributed by atoms with E-state index in [1.54, 1.807) is 0 Å². The molecule has 4 rings (SSSR count). The van der Waals surface area contributed by atoms with E-state index in [9.17, 15) is 4.79 Å². The van der Waals surface area contributed by atoms with E-state index in [2.05, 4.69) is 46.6 Å². The highest BCUT2D eigenvalue weighted by molar-refractivity contribution is 5.76. The van der Waals surface area contributed by atoms with Gasteiger partial charge in [0.1, 0.15) is 6.10 Å². The smallest absolute Gasteiger partial charge is 0.223 e. The fourth-order valence-corrected chi connectivity index (χ4v) is 3.89. The third kappa shape index (κ3) is 5.59. The molecule has 32 heavy (non-hydrogen) atoms. The number of benzene rings is 1. The average Bonchev–Trinajstić information content (AvgIpc) is 3.27. The number of hydrogen-bond acceptors (Lipinski definition) is 6. The van der Waals surface area contributed by atoms with Crippen molar-refractivity contribution in [2.45, 2.75) is 52.1 Å². The third-order valence-corrected chi connectivity index (χ3v) is 5.56. The van der Waals surface area contributed by atoms with Crippen molar-refractivity contribution in [3.63, 3.8) is 0 Å². The summed E-state index contributed by atoms with van der Waals surface area (Å²) in [7, 11) is 0. The Balaban J connectivity index is 1.39. The van der Waals surface area contributed by atoms with Gasteiger partial charge in [-0.1, -0.05) is 44.2 Å². The van der Waals surface area contributed by atoms with Crippen LogP contribution in [0, 0.1) is 6.92 Å². The molecular weight excluding hydrogens is 404 g/mol. The predicted molar refractivity (Wildman–Crippen MR) is 120 cm³/mol. The van der Waals surface area contributed by atoms with E-state index in [4.69, 9.17) is 14.1 Å². The van der Waals surface area contributed by atoms with Gasteiger partial charge in [-0.25, -0.2) is 0 Å². The Hall–Kier alpha value is -3.06.